The molecular weight excluding hydrogens is 260 g/mol. The van der Waals surface area contributed by atoms with Gasteiger partial charge in [-0.05, 0) is 29.7 Å². The van der Waals surface area contributed by atoms with Crippen molar-refractivity contribution in [3.05, 3.63) is 34.3 Å². The van der Waals surface area contributed by atoms with Crippen molar-refractivity contribution in [3.8, 4) is 0 Å². The number of nitrogens with one attached hydrogen (secondary N) is 2. The van der Waals surface area contributed by atoms with Gasteiger partial charge in [-0.25, -0.2) is 9.59 Å². The summed E-state index contributed by atoms with van der Waals surface area (Å²) in [7, 11) is 0. The van der Waals surface area contributed by atoms with Crippen molar-refractivity contribution >= 4 is 23.8 Å². The van der Waals surface area contributed by atoms with Gasteiger partial charge < -0.3 is 20.8 Å². The molecule has 96 valence electrons. The second-order valence-electron chi connectivity index (χ2n) is 4.03. The first-order valence-corrected chi connectivity index (χ1v) is 5.62. The molecule has 0 bridgehead atoms. The summed E-state index contributed by atoms with van der Waals surface area (Å²) in [5.74, 6) is 0. The van der Waals surface area contributed by atoms with E-state index >= 15 is 0 Å². The van der Waals surface area contributed by atoms with Crippen LogP contribution in [0.3, 0.4) is 0 Å². The molecule has 0 aliphatic heterocycles. The van der Waals surface area contributed by atoms with Gasteiger partial charge in [0.25, 0.3) is 0 Å². The lowest BCUT2D eigenvalue weighted by Crippen LogP contribution is -2.43. The standard InChI is InChI=1S/C11H11ClN2O4/c12-6-2-1-5-3-8(13-10(15)16)9(7(5)4-6)14-11(17)18/h1-2,4,8-9,13-14H,3H2,(H,15,16)(H,17,18)/t8-,9+/m1/s1. The van der Waals surface area contributed by atoms with Crippen LogP contribution in [-0.2, 0) is 6.42 Å². The lowest BCUT2D eigenvalue weighted by molar-refractivity contribution is 0.177. The second-order valence-corrected chi connectivity index (χ2v) is 4.47. The number of fused-ring (bicyclic) bond motifs is 1. The molecule has 0 spiro atoms. The van der Waals surface area contributed by atoms with Crippen LogP contribution in [0.4, 0.5) is 9.59 Å². The average molecular weight is 271 g/mol. The number of hydrogen-bond donors (Lipinski definition) is 4. The van der Waals surface area contributed by atoms with Crippen LogP contribution in [0, 0.1) is 0 Å². The van der Waals surface area contributed by atoms with Gasteiger partial charge in [0.05, 0.1) is 12.1 Å². The molecule has 0 unspecified atom stereocenters. The lowest BCUT2D eigenvalue weighted by atomic mass is 10.1. The second kappa shape index (κ2) is 4.73. The Balaban J connectivity index is 2.31. The largest absolute Gasteiger partial charge is 0.465 e. The summed E-state index contributed by atoms with van der Waals surface area (Å²) < 4.78 is 0. The van der Waals surface area contributed by atoms with Crippen LogP contribution < -0.4 is 10.6 Å². The van der Waals surface area contributed by atoms with Crippen LogP contribution in [0.5, 0.6) is 0 Å². The van der Waals surface area contributed by atoms with Crippen LogP contribution in [0.25, 0.3) is 0 Å². The van der Waals surface area contributed by atoms with Gasteiger partial charge in [0.15, 0.2) is 0 Å². The first kappa shape index (κ1) is 12.5. The molecule has 0 fully saturated rings. The predicted octanol–water partition coefficient (Wildman–Crippen LogP) is 1.84. The van der Waals surface area contributed by atoms with Crippen LogP contribution >= 0.6 is 11.6 Å². The summed E-state index contributed by atoms with van der Waals surface area (Å²) in [6.45, 7) is 0. The number of rotatable bonds is 2. The number of halogens is 1. The first-order valence-electron chi connectivity index (χ1n) is 5.24. The van der Waals surface area contributed by atoms with E-state index in [1.54, 1.807) is 18.2 Å². The Labute approximate surface area is 108 Å². The molecule has 1 aliphatic rings. The van der Waals surface area contributed by atoms with E-state index in [0.717, 1.165) is 5.56 Å². The zero-order chi connectivity index (χ0) is 13.3. The van der Waals surface area contributed by atoms with E-state index in [2.05, 4.69) is 10.6 Å². The van der Waals surface area contributed by atoms with Crippen molar-refractivity contribution < 1.29 is 19.8 Å². The Kier molecular flexibility index (Phi) is 3.29. The van der Waals surface area contributed by atoms with Crippen molar-refractivity contribution in [2.45, 2.75) is 18.5 Å². The minimum absolute atomic E-state index is 0.434. The highest BCUT2D eigenvalue weighted by Crippen LogP contribution is 2.33. The molecule has 7 heteroatoms. The van der Waals surface area contributed by atoms with Crippen LogP contribution in [0.2, 0.25) is 5.02 Å². The molecule has 0 saturated heterocycles. The van der Waals surface area contributed by atoms with Gasteiger partial charge in [0.1, 0.15) is 0 Å². The molecule has 1 aromatic carbocycles. The third-order valence-corrected chi connectivity index (χ3v) is 3.11. The Morgan fingerprint density at radius 3 is 2.50 bits per heavy atom. The zero-order valence-electron chi connectivity index (χ0n) is 9.18. The predicted molar refractivity (Wildman–Crippen MR) is 64.0 cm³/mol. The summed E-state index contributed by atoms with van der Waals surface area (Å²) in [6.07, 6.45) is -1.95. The first-order chi connectivity index (χ1) is 8.47. The third kappa shape index (κ3) is 2.48. The van der Waals surface area contributed by atoms with Crippen molar-refractivity contribution in [3.63, 3.8) is 0 Å². The average Bonchev–Trinajstić information content (AvgIpc) is 2.55. The molecule has 1 aliphatic carbocycles. The van der Waals surface area contributed by atoms with E-state index < -0.39 is 24.3 Å². The minimum Gasteiger partial charge on any atom is -0.465 e. The van der Waals surface area contributed by atoms with Crippen molar-refractivity contribution in [2.75, 3.05) is 0 Å². The maximum atomic E-state index is 10.8. The summed E-state index contributed by atoms with van der Waals surface area (Å²) in [6, 6.07) is 3.99. The topological polar surface area (TPSA) is 98.7 Å². The molecule has 4 N–H and O–H groups in total. The Morgan fingerprint density at radius 2 is 1.89 bits per heavy atom. The Hall–Kier alpha value is -1.95. The van der Waals surface area contributed by atoms with E-state index in [-0.39, 0.29) is 0 Å². The monoisotopic (exact) mass is 270 g/mol. The van der Waals surface area contributed by atoms with Crippen molar-refractivity contribution in [1.29, 1.82) is 0 Å². The number of amides is 2. The Morgan fingerprint density at radius 1 is 1.22 bits per heavy atom. The lowest BCUT2D eigenvalue weighted by Gasteiger charge is -2.20. The Bertz CT molecular complexity index is 506. The van der Waals surface area contributed by atoms with E-state index in [1.807, 2.05) is 0 Å². The number of benzene rings is 1. The van der Waals surface area contributed by atoms with Gasteiger partial charge in [0, 0.05) is 5.02 Å². The SMILES string of the molecule is O=C(O)N[C@@H]1Cc2ccc(Cl)cc2[C@@H]1NC(=O)O. The fourth-order valence-corrected chi connectivity index (χ4v) is 2.40. The van der Waals surface area contributed by atoms with E-state index in [1.165, 1.54) is 0 Å². The smallest absolute Gasteiger partial charge is 0.405 e. The molecule has 2 rings (SSSR count). The van der Waals surface area contributed by atoms with E-state index in [0.29, 0.717) is 17.0 Å². The number of carboxylic acid groups (broad SMARTS) is 2. The number of carbonyl (C=O) groups is 2. The summed E-state index contributed by atoms with van der Waals surface area (Å²) in [4.78, 5) is 21.5. The molecule has 0 aromatic heterocycles. The molecule has 0 radical (unpaired) electrons. The molecule has 2 amide bonds. The minimum atomic E-state index is -1.20. The molecule has 1 aromatic rings. The van der Waals surface area contributed by atoms with Crippen LogP contribution in [-0.4, -0.2) is 28.4 Å². The van der Waals surface area contributed by atoms with Gasteiger partial charge in [0.2, 0.25) is 0 Å². The third-order valence-electron chi connectivity index (χ3n) is 2.87. The fraction of sp³-hybridized carbons (Fsp3) is 0.273. The van der Waals surface area contributed by atoms with Crippen molar-refractivity contribution in [1.82, 2.24) is 10.6 Å². The highest BCUT2D eigenvalue weighted by atomic mass is 35.5. The molecule has 0 saturated carbocycles. The van der Waals surface area contributed by atoms with Gasteiger partial charge in [-0.1, -0.05) is 17.7 Å². The summed E-state index contributed by atoms with van der Waals surface area (Å²) in [5.41, 5.74) is 1.60. The fourth-order valence-electron chi connectivity index (χ4n) is 2.22. The molecule has 0 heterocycles. The normalized spacial score (nSPS) is 21.2. The maximum absolute atomic E-state index is 10.8. The molecular formula is C11H11ClN2O4. The van der Waals surface area contributed by atoms with E-state index in [9.17, 15) is 9.59 Å². The van der Waals surface area contributed by atoms with Crippen LogP contribution in [0.1, 0.15) is 17.2 Å². The number of hydrogen-bond acceptors (Lipinski definition) is 2. The van der Waals surface area contributed by atoms with Gasteiger partial charge in [-0.15, -0.1) is 0 Å². The highest BCUT2D eigenvalue weighted by molar-refractivity contribution is 6.30. The summed E-state index contributed by atoms with van der Waals surface area (Å²) >= 11 is 5.87. The van der Waals surface area contributed by atoms with E-state index in [4.69, 9.17) is 21.8 Å². The van der Waals surface area contributed by atoms with Crippen LogP contribution in [0.15, 0.2) is 18.2 Å². The molecule has 18 heavy (non-hydrogen) atoms. The van der Waals surface area contributed by atoms with Gasteiger partial charge in [-0.3, -0.25) is 0 Å². The summed E-state index contributed by atoms with van der Waals surface area (Å²) in [5, 5.41) is 22.7. The molecule has 2 atom stereocenters. The van der Waals surface area contributed by atoms with Gasteiger partial charge >= 0.3 is 12.2 Å². The maximum Gasteiger partial charge on any atom is 0.405 e. The molecule has 6 nitrogen and oxygen atoms in total. The highest BCUT2D eigenvalue weighted by Gasteiger charge is 2.34. The quantitative estimate of drug-likeness (QED) is 0.659. The zero-order valence-corrected chi connectivity index (χ0v) is 9.94. The van der Waals surface area contributed by atoms with Gasteiger partial charge in [-0.2, -0.15) is 0 Å². The van der Waals surface area contributed by atoms with Crippen molar-refractivity contribution in [2.24, 2.45) is 0 Å².